The van der Waals surface area contributed by atoms with Gasteiger partial charge in [0.05, 0.1) is 18.6 Å². The quantitative estimate of drug-likeness (QED) is 0.366. The number of aliphatic imine (C=N–C) groups is 1. The maximum absolute atomic E-state index is 9.00. The van der Waals surface area contributed by atoms with Crippen LogP contribution in [0.5, 0.6) is 0 Å². The second kappa shape index (κ2) is 13.0. The van der Waals surface area contributed by atoms with Crippen molar-refractivity contribution in [3.05, 3.63) is 35.4 Å². The van der Waals surface area contributed by atoms with E-state index >= 15 is 0 Å². The molecule has 1 saturated carbocycles. The third-order valence-corrected chi connectivity index (χ3v) is 9.41. The number of benzene rings is 1. The van der Waals surface area contributed by atoms with Crippen LogP contribution in [0.4, 0.5) is 0 Å². The molecule has 2 fully saturated rings. The first-order valence-corrected chi connectivity index (χ1v) is 15.1. The van der Waals surface area contributed by atoms with Crippen molar-refractivity contribution in [3.8, 4) is 0 Å². The monoisotopic (exact) mass is 508 g/mol. The molecular formula is C31H52N6. The summed E-state index contributed by atoms with van der Waals surface area (Å²) in [5.41, 5.74) is 9.01. The van der Waals surface area contributed by atoms with Gasteiger partial charge in [0.15, 0.2) is 11.9 Å². The predicted octanol–water partition coefficient (Wildman–Crippen LogP) is 5.50. The van der Waals surface area contributed by atoms with Crippen LogP contribution in [0.2, 0.25) is 0 Å². The highest BCUT2D eigenvalue weighted by atomic mass is 15.4. The van der Waals surface area contributed by atoms with Crippen molar-refractivity contribution >= 4 is 11.9 Å². The van der Waals surface area contributed by atoms with Crippen LogP contribution in [0.3, 0.4) is 0 Å². The highest BCUT2D eigenvalue weighted by molar-refractivity contribution is 5.80. The van der Waals surface area contributed by atoms with Gasteiger partial charge in [-0.3, -0.25) is 10.4 Å². The molecule has 4 rings (SSSR count). The Morgan fingerprint density at radius 2 is 1.89 bits per heavy atom. The molecule has 37 heavy (non-hydrogen) atoms. The standard InChI is InChI=1S/C31H52N6/c1-5-25(4)29-22-35(31(33)36(29)18-16-26-10-8-9-24(3)19-26)17-7-6-11-28-20-34-30(32)37(28)21-27-14-12-23(2)13-15-27/h8-10,19,23,25,27-29,33H,5-7,11-18,20-22H2,1-4H3,(H2,32,34)/t23?,25-,27?,28-,29+/m0/s1. The molecule has 2 heterocycles. The topological polar surface area (TPSA) is 72.0 Å². The maximum atomic E-state index is 9.00. The Bertz CT molecular complexity index is 905. The van der Waals surface area contributed by atoms with Crippen LogP contribution in [0.1, 0.15) is 83.3 Å². The van der Waals surface area contributed by atoms with E-state index in [0.29, 0.717) is 18.0 Å². The van der Waals surface area contributed by atoms with E-state index in [0.717, 1.165) is 82.2 Å². The summed E-state index contributed by atoms with van der Waals surface area (Å²) in [4.78, 5) is 11.8. The average Bonchev–Trinajstić information content (AvgIpc) is 3.40. The van der Waals surface area contributed by atoms with Crippen LogP contribution in [-0.4, -0.2) is 71.4 Å². The first-order valence-electron chi connectivity index (χ1n) is 15.1. The normalized spacial score (nSPS) is 27.2. The maximum Gasteiger partial charge on any atom is 0.194 e. The predicted molar refractivity (Wildman–Crippen MR) is 156 cm³/mol. The number of aryl methyl sites for hydroxylation is 1. The number of hydrogen-bond acceptors (Lipinski definition) is 4. The Hall–Kier alpha value is -2.24. The SMILES string of the molecule is CC[C@H](C)[C@H]1CN(CCCC[C@H]2CN=C(N)N2CC2CCC(C)CC2)C(=N)N1CCc1cccc(C)c1. The first-order chi connectivity index (χ1) is 17.9. The Labute approximate surface area is 226 Å². The molecule has 0 amide bonds. The lowest BCUT2D eigenvalue weighted by atomic mass is 9.82. The fourth-order valence-electron chi connectivity index (χ4n) is 6.63. The Morgan fingerprint density at radius 3 is 2.62 bits per heavy atom. The fourth-order valence-corrected chi connectivity index (χ4v) is 6.63. The molecule has 3 aliphatic rings. The number of hydrogen-bond donors (Lipinski definition) is 2. The van der Waals surface area contributed by atoms with Gasteiger partial charge in [0.2, 0.25) is 0 Å². The van der Waals surface area contributed by atoms with Gasteiger partial charge in [0.25, 0.3) is 0 Å². The van der Waals surface area contributed by atoms with E-state index in [1.165, 1.54) is 43.2 Å². The Morgan fingerprint density at radius 1 is 1.11 bits per heavy atom. The second-order valence-electron chi connectivity index (χ2n) is 12.3. The summed E-state index contributed by atoms with van der Waals surface area (Å²) in [6, 6.07) is 9.73. The number of guanidine groups is 2. The third-order valence-electron chi connectivity index (χ3n) is 9.41. The summed E-state index contributed by atoms with van der Waals surface area (Å²) in [5, 5.41) is 9.00. The zero-order valence-electron chi connectivity index (χ0n) is 24.0. The summed E-state index contributed by atoms with van der Waals surface area (Å²) < 4.78 is 0. The number of unbranched alkanes of at least 4 members (excludes halogenated alkanes) is 1. The minimum Gasteiger partial charge on any atom is -0.370 e. The van der Waals surface area contributed by atoms with Crippen molar-refractivity contribution in [1.29, 1.82) is 5.41 Å². The minimum absolute atomic E-state index is 0.444. The van der Waals surface area contributed by atoms with Crippen molar-refractivity contribution in [1.82, 2.24) is 14.7 Å². The van der Waals surface area contributed by atoms with E-state index in [4.69, 9.17) is 11.1 Å². The molecule has 3 atom stereocenters. The molecule has 206 valence electrons. The van der Waals surface area contributed by atoms with Crippen LogP contribution in [0.15, 0.2) is 29.3 Å². The van der Waals surface area contributed by atoms with Crippen molar-refractivity contribution in [2.75, 3.05) is 32.7 Å². The first kappa shape index (κ1) is 27.8. The Kier molecular flexibility index (Phi) is 9.77. The summed E-state index contributed by atoms with van der Waals surface area (Å²) in [7, 11) is 0. The van der Waals surface area contributed by atoms with Crippen LogP contribution < -0.4 is 5.73 Å². The molecule has 6 nitrogen and oxygen atoms in total. The lowest BCUT2D eigenvalue weighted by Gasteiger charge is -2.33. The van der Waals surface area contributed by atoms with Crippen molar-refractivity contribution < 1.29 is 0 Å². The van der Waals surface area contributed by atoms with E-state index in [2.05, 4.69) is 71.7 Å². The van der Waals surface area contributed by atoms with E-state index in [-0.39, 0.29) is 0 Å². The lowest BCUT2D eigenvalue weighted by molar-refractivity contribution is 0.211. The zero-order valence-corrected chi connectivity index (χ0v) is 24.0. The van der Waals surface area contributed by atoms with Gasteiger partial charge in [0.1, 0.15) is 0 Å². The van der Waals surface area contributed by atoms with Crippen molar-refractivity contribution in [2.45, 2.75) is 97.6 Å². The molecule has 0 unspecified atom stereocenters. The van der Waals surface area contributed by atoms with E-state index in [1.807, 2.05) is 0 Å². The van der Waals surface area contributed by atoms with E-state index in [1.54, 1.807) is 0 Å². The van der Waals surface area contributed by atoms with Gasteiger partial charge < -0.3 is 20.4 Å². The third kappa shape index (κ3) is 7.20. The van der Waals surface area contributed by atoms with Crippen LogP contribution in [-0.2, 0) is 6.42 Å². The fraction of sp³-hybridized carbons (Fsp3) is 0.742. The van der Waals surface area contributed by atoms with Gasteiger partial charge in [0, 0.05) is 26.2 Å². The van der Waals surface area contributed by atoms with Gasteiger partial charge in [-0.25, -0.2) is 0 Å². The highest BCUT2D eigenvalue weighted by Gasteiger charge is 2.36. The van der Waals surface area contributed by atoms with Gasteiger partial charge in [-0.15, -0.1) is 0 Å². The summed E-state index contributed by atoms with van der Waals surface area (Å²) in [6.07, 6.45) is 11.0. The summed E-state index contributed by atoms with van der Waals surface area (Å²) >= 11 is 0. The molecule has 0 radical (unpaired) electrons. The zero-order chi connectivity index (χ0) is 26.4. The molecule has 3 N–H and O–H groups in total. The van der Waals surface area contributed by atoms with E-state index in [9.17, 15) is 0 Å². The molecule has 0 bridgehead atoms. The van der Waals surface area contributed by atoms with E-state index < -0.39 is 0 Å². The molecule has 0 spiro atoms. The lowest BCUT2D eigenvalue weighted by Crippen LogP contribution is -2.44. The second-order valence-corrected chi connectivity index (χ2v) is 12.3. The number of rotatable bonds is 12. The van der Waals surface area contributed by atoms with Gasteiger partial charge in [-0.2, -0.15) is 0 Å². The average molecular weight is 509 g/mol. The van der Waals surface area contributed by atoms with Crippen molar-refractivity contribution in [3.63, 3.8) is 0 Å². The molecule has 1 aromatic carbocycles. The molecule has 2 aliphatic heterocycles. The number of nitrogens with two attached hydrogens (primary N) is 1. The number of nitrogens with one attached hydrogen (secondary N) is 1. The molecule has 1 aliphatic carbocycles. The molecule has 0 aromatic heterocycles. The summed E-state index contributed by atoms with van der Waals surface area (Å²) in [5.74, 6) is 3.76. The number of nitrogens with zero attached hydrogens (tertiary/aromatic N) is 4. The van der Waals surface area contributed by atoms with Gasteiger partial charge in [-0.05, 0) is 68.8 Å². The molecular weight excluding hydrogens is 456 g/mol. The smallest absolute Gasteiger partial charge is 0.194 e. The summed E-state index contributed by atoms with van der Waals surface area (Å²) in [6.45, 7) is 14.0. The highest BCUT2D eigenvalue weighted by Crippen LogP contribution is 2.30. The molecule has 1 saturated heterocycles. The molecule has 1 aromatic rings. The Balaban J connectivity index is 1.24. The van der Waals surface area contributed by atoms with Crippen molar-refractivity contribution in [2.24, 2.45) is 28.5 Å². The largest absolute Gasteiger partial charge is 0.370 e. The van der Waals surface area contributed by atoms with Gasteiger partial charge in [-0.1, -0.05) is 69.9 Å². The van der Waals surface area contributed by atoms with Crippen LogP contribution >= 0.6 is 0 Å². The van der Waals surface area contributed by atoms with Crippen LogP contribution in [0, 0.1) is 30.1 Å². The minimum atomic E-state index is 0.444. The molecule has 6 heteroatoms. The van der Waals surface area contributed by atoms with Crippen LogP contribution in [0.25, 0.3) is 0 Å². The van der Waals surface area contributed by atoms with Gasteiger partial charge >= 0.3 is 0 Å².